The van der Waals surface area contributed by atoms with Crippen molar-refractivity contribution in [2.45, 2.75) is 72.3 Å². The Morgan fingerprint density at radius 1 is 1.03 bits per heavy atom. The SMILES string of the molecule is Cc1cc(C)cc(CSCC(=O)N(Cc2ccccc2C)[C@H](C)C(=O)NC(C)(C)C)c1. The van der Waals surface area contributed by atoms with E-state index in [1.54, 1.807) is 16.7 Å². The Kier molecular flexibility index (Phi) is 8.75. The van der Waals surface area contributed by atoms with Crippen LogP contribution < -0.4 is 5.32 Å². The van der Waals surface area contributed by atoms with Crippen molar-refractivity contribution in [1.29, 1.82) is 0 Å². The van der Waals surface area contributed by atoms with Crippen molar-refractivity contribution >= 4 is 23.6 Å². The van der Waals surface area contributed by atoms with E-state index >= 15 is 0 Å². The van der Waals surface area contributed by atoms with Gasteiger partial charge in [0.2, 0.25) is 11.8 Å². The number of amides is 2. The van der Waals surface area contributed by atoms with Crippen LogP contribution >= 0.6 is 11.8 Å². The smallest absolute Gasteiger partial charge is 0.242 e. The quantitative estimate of drug-likeness (QED) is 0.615. The Balaban J connectivity index is 2.13. The molecule has 0 aromatic heterocycles. The number of nitrogens with zero attached hydrogens (tertiary/aromatic N) is 1. The summed E-state index contributed by atoms with van der Waals surface area (Å²) in [6.07, 6.45) is 0. The van der Waals surface area contributed by atoms with Crippen LogP contribution in [0.3, 0.4) is 0 Å². The maximum Gasteiger partial charge on any atom is 0.242 e. The molecule has 2 rings (SSSR count). The third kappa shape index (κ3) is 8.06. The molecule has 0 aliphatic carbocycles. The van der Waals surface area contributed by atoms with Crippen LogP contribution in [0, 0.1) is 20.8 Å². The first-order chi connectivity index (χ1) is 14.5. The zero-order valence-corrected chi connectivity index (χ0v) is 20.7. The molecule has 0 saturated carbocycles. The van der Waals surface area contributed by atoms with Gasteiger partial charge in [-0.3, -0.25) is 9.59 Å². The molecule has 0 fully saturated rings. The topological polar surface area (TPSA) is 49.4 Å². The summed E-state index contributed by atoms with van der Waals surface area (Å²) in [5.74, 6) is 0.962. The molecule has 2 aromatic carbocycles. The number of rotatable bonds is 8. The molecule has 4 nitrogen and oxygen atoms in total. The van der Waals surface area contributed by atoms with Crippen molar-refractivity contribution in [2.75, 3.05) is 5.75 Å². The molecule has 0 bridgehead atoms. The number of nitrogens with one attached hydrogen (secondary N) is 1. The molecule has 5 heteroatoms. The van der Waals surface area contributed by atoms with Crippen LogP contribution in [0.4, 0.5) is 0 Å². The Morgan fingerprint density at radius 2 is 1.65 bits per heavy atom. The van der Waals surface area contributed by atoms with Gasteiger partial charge in [-0.15, -0.1) is 11.8 Å². The second-order valence-electron chi connectivity index (χ2n) is 9.35. The fourth-order valence-electron chi connectivity index (χ4n) is 3.52. The van der Waals surface area contributed by atoms with Gasteiger partial charge in [0.05, 0.1) is 5.75 Å². The monoisotopic (exact) mass is 440 g/mol. The van der Waals surface area contributed by atoms with Crippen molar-refractivity contribution < 1.29 is 9.59 Å². The summed E-state index contributed by atoms with van der Waals surface area (Å²) in [6.45, 7) is 14.3. The van der Waals surface area contributed by atoms with Crippen molar-refractivity contribution in [1.82, 2.24) is 10.2 Å². The average molecular weight is 441 g/mol. The lowest BCUT2D eigenvalue weighted by molar-refractivity contribution is -0.139. The van der Waals surface area contributed by atoms with Gasteiger partial charge in [-0.05, 0) is 65.2 Å². The van der Waals surface area contributed by atoms with E-state index in [9.17, 15) is 9.59 Å². The van der Waals surface area contributed by atoms with Gasteiger partial charge in [-0.1, -0.05) is 53.6 Å². The molecule has 0 unspecified atom stereocenters. The summed E-state index contributed by atoms with van der Waals surface area (Å²) in [5.41, 5.74) is 5.52. The largest absolute Gasteiger partial charge is 0.350 e. The zero-order valence-electron chi connectivity index (χ0n) is 19.9. The van der Waals surface area contributed by atoms with E-state index in [-0.39, 0.29) is 17.4 Å². The van der Waals surface area contributed by atoms with Crippen molar-refractivity contribution in [2.24, 2.45) is 0 Å². The van der Waals surface area contributed by atoms with Gasteiger partial charge in [0.25, 0.3) is 0 Å². The normalized spacial score (nSPS) is 12.4. The van der Waals surface area contributed by atoms with E-state index in [0.29, 0.717) is 12.3 Å². The second kappa shape index (κ2) is 10.9. The van der Waals surface area contributed by atoms with Crippen LogP contribution in [-0.4, -0.2) is 34.0 Å². The summed E-state index contributed by atoms with van der Waals surface area (Å²) in [6, 6.07) is 13.9. The predicted molar refractivity (Wildman–Crippen MR) is 131 cm³/mol. The summed E-state index contributed by atoms with van der Waals surface area (Å²) in [4.78, 5) is 27.8. The van der Waals surface area contributed by atoms with Gasteiger partial charge in [0.1, 0.15) is 6.04 Å². The van der Waals surface area contributed by atoms with Crippen LogP contribution in [0.2, 0.25) is 0 Å². The predicted octanol–water partition coefficient (Wildman–Crippen LogP) is 5.18. The van der Waals surface area contributed by atoms with Crippen LogP contribution in [0.5, 0.6) is 0 Å². The highest BCUT2D eigenvalue weighted by molar-refractivity contribution is 7.99. The summed E-state index contributed by atoms with van der Waals surface area (Å²) in [5, 5.41) is 3.01. The van der Waals surface area contributed by atoms with Crippen molar-refractivity contribution in [3.05, 3.63) is 70.3 Å². The molecular formula is C26H36N2O2S. The average Bonchev–Trinajstić information content (AvgIpc) is 2.64. The lowest BCUT2D eigenvalue weighted by Crippen LogP contribution is -2.52. The highest BCUT2D eigenvalue weighted by Crippen LogP contribution is 2.19. The van der Waals surface area contributed by atoms with Gasteiger partial charge in [-0.2, -0.15) is 0 Å². The molecule has 1 atom stereocenters. The Hall–Kier alpha value is -2.27. The number of hydrogen-bond acceptors (Lipinski definition) is 3. The van der Waals surface area contributed by atoms with E-state index in [1.165, 1.54) is 16.7 Å². The van der Waals surface area contributed by atoms with Crippen LogP contribution in [0.1, 0.15) is 55.5 Å². The summed E-state index contributed by atoms with van der Waals surface area (Å²) >= 11 is 1.59. The number of hydrogen-bond donors (Lipinski definition) is 1. The van der Waals surface area contributed by atoms with Gasteiger partial charge >= 0.3 is 0 Å². The van der Waals surface area contributed by atoms with E-state index in [0.717, 1.165) is 16.9 Å². The van der Waals surface area contributed by atoms with Crippen molar-refractivity contribution in [3.63, 3.8) is 0 Å². The third-order valence-electron chi connectivity index (χ3n) is 5.04. The highest BCUT2D eigenvalue weighted by Gasteiger charge is 2.28. The fourth-order valence-corrected chi connectivity index (χ4v) is 4.36. The van der Waals surface area contributed by atoms with Crippen molar-refractivity contribution in [3.8, 4) is 0 Å². The molecule has 0 spiro atoms. The first-order valence-electron chi connectivity index (χ1n) is 10.8. The molecule has 31 heavy (non-hydrogen) atoms. The molecule has 0 aliphatic heterocycles. The van der Waals surface area contributed by atoms with E-state index in [2.05, 4.69) is 37.4 Å². The van der Waals surface area contributed by atoms with E-state index < -0.39 is 6.04 Å². The van der Waals surface area contributed by atoms with Gasteiger partial charge in [0, 0.05) is 17.8 Å². The zero-order chi connectivity index (χ0) is 23.2. The van der Waals surface area contributed by atoms with Crippen LogP contribution in [-0.2, 0) is 21.9 Å². The molecule has 0 saturated heterocycles. The molecular weight excluding hydrogens is 404 g/mol. The Bertz CT molecular complexity index is 898. The molecule has 2 aromatic rings. The Labute approximate surface area is 191 Å². The molecule has 168 valence electrons. The first kappa shape index (κ1) is 25.0. The summed E-state index contributed by atoms with van der Waals surface area (Å²) < 4.78 is 0. The number of benzene rings is 2. The maximum absolute atomic E-state index is 13.2. The van der Waals surface area contributed by atoms with Gasteiger partial charge in [0.15, 0.2) is 0 Å². The Morgan fingerprint density at radius 3 is 2.23 bits per heavy atom. The standard InChI is InChI=1S/C26H36N2O2S/c1-18-12-19(2)14-22(13-18)16-31-17-24(29)28(15-23-11-9-8-10-20(23)3)21(4)25(30)27-26(5,6)7/h8-14,21H,15-17H2,1-7H3,(H,27,30)/t21-/m1/s1. The number of carbonyl (C=O) groups is 2. The molecule has 0 heterocycles. The lowest BCUT2D eigenvalue weighted by Gasteiger charge is -2.31. The minimum atomic E-state index is -0.548. The third-order valence-corrected chi connectivity index (χ3v) is 6.03. The van der Waals surface area contributed by atoms with E-state index in [4.69, 9.17) is 0 Å². The molecule has 0 radical (unpaired) electrons. The fraction of sp³-hybridized carbons (Fsp3) is 0.462. The number of thioether (sulfide) groups is 1. The van der Waals surface area contributed by atoms with E-state index in [1.807, 2.05) is 58.9 Å². The minimum Gasteiger partial charge on any atom is -0.350 e. The van der Waals surface area contributed by atoms with Gasteiger partial charge in [-0.25, -0.2) is 0 Å². The highest BCUT2D eigenvalue weighted by atomic mass is 32.2. The number of aryl methyl sites for hydroxylation is 3. The second-order valence-corrected chi connectivity index (χ2v) is 10.3. The molecule has 2 amide bonds. The lowest BCUT2D eigenvalue weighted by atomic mass is 10.1. The molecule has 0 aliphatic rings. The maximum atomic E-state index is 13.2. The van der Waals surface area contributed by atoms with Crippen LogP contribution in [0.15, 0.2) is 42.5 Å². The minimum absolute atomic E-state index is 0.0193. The van der Waals surface area contributed by atoms with Gasteiger partial charge < -0.3 is 10.2 Å². The number of carbonyl (C=O) groups excluding carboxylic acids is 2. The van der Waals surface area contributed by atoms with Crippen LogP contribution in [0.25, 0.3) is 0 Å². The first-order valence-corrected chi connectivity index (χ1v) is 11.9. The molecule has 1 N–H and O–H groups in total. The summed E-state index contributed by atoms with van der Waals surface area (Å²) in [7, 11) is 0.